The lowest BCUT2D eigenvalue weighted by Gasteiger charge is -2.06. The first-order chi connectivity index (χ1) is 7.31. The quantitative estimate of drug-likeness (QED) is 0.808. The second-order valence-electron chi connectivity index (χ2n) is 3.13. The van der Waals surface area contributed by atoms with Gasteiger partial charge in [-0.1, -0.05) is 6.07 Å². The van der Waals surface area contributed by atoms with Gasteiger partial charge in [-0.05, 0) is 23.3 Å². The van der Waals surface area contributed by atoms with Crippen LogP contribution in [0.1, 0.15) is 5.56 Å². The van der Waals surface area contributed by atoms with Gasteiger partial charge in [0.15, 0.2) is 0 Å². The lowest BCUT2D eigenvalue weighted by Crippen LogP contribution is -1.99. The Morgan fingerprint density at radius 2 is 1.93 bits per heavy atom. The molecule has 0 fully saturated rings. The SMILES string of the molecule is NCc1ccc(F)cc1-c1cncnc1. The molecule has 0 aliphatic rings. The first kappa shape index (κ1) is 9.73. The van der Waals surface area contributed by atoms with Gasteiger partial charge in [-0.2, -0.15) is 0 Å². The van der Waals surface area contributed by atoms with Gasteiger partial charge in [0.25, 0.3) is 0 Å². The molecular weight excluding hydrogens is 193 g/mol. The zero-order valence-corrected chi connectivity index (χ0v) is 8.02. The van der Waals surface area contributed by atoms with Crippen molar-refractivity contribution in [3.8, 4) is 11.1 Å². The molecule has 0 radical (unpaired) electrons. The average Bonchev–Trinajstić information content (AvgIpc) is 2.30. The van der Waals surface area contributed by atoms with E-state index in [1.54, 1.807) is 18.5 Å². The third kappa shape index (κ3) is 1.99. The van der Waals surface area contributed by atoms with Gasteiger partial charge in [-0.3, -0.25) is 0 Å². The molecule has 1 aromatic carbocycles. The van der Waals surface area contributed by atoms with Crippen molar-refractivity contribution in [2.24, 2.45) is 5.73 Å². The highest BCUT2D eigenvalue weighted by Crippen LogP contribution is 2.22. The number of benzene rings is 1. The molecule has 76 valence electrons. The minimum Gasteiger partial charge on any atom is -0.326 e. The Kier molecular flexibility index (Phi) is 2.69. The molecule has 1 aromatic heterocycles. The lowest BCUT2D eigenvalue weighted by molar-refractivity contribution is 0.627. The molecule has 0 amide bonds. The molecule has 0 unspecified atom stereocenters. The van der Waals surface area contributed by atoms with Crippen LogP contribution in [0, 0.1) is 5.82 Å². The molecule has 2 rings (SSSR count). The van der Waals surface area contributed by atoms with Crippen LogP contribution in [0.3, 0.4) is 0 Å². The van der Waals surface area contributed by atoms with Gasteiger partial charge in [0.1, 0.15) is 12.1 Å². The topological polar surface area (TPSA) is 51.8 Å². The van der Waals surface area contributed by atoms with E-state index in [2.05, 4.69) is 9.97 Å². The van der Waals surface area contributed by atoms with Crippen LogP contribution >= 0.6 is 0 Å². The van der Waals surface area contributed by atoms with Gasteiger partial charge in [0.2, 0.25) is 0 Å². The van der Waals surface area contributed by atoms with Gasteiger partial charge in [0, 0.05) is 24.5 Å². The summed E-state index contributed by atoms with van der Waals surface area (Å²) >= 11 is 0. The molecule has 0 aliphatic heterocycles. The predicted octanol–water partition coefficient (Wildman–Crippen LogP) is 1.74. The van der Waals surface area contributed by atoms with Crippen LogP contribution in [-0.2, 0) is 6.54 Å². The number of rotatable bonds is 2. The Balaban J connectivity index is 2.56. The van der Waals surface area contributed by atoms with E-state index in [-0.39, 0.29) is 5.82 Å². The van der Waals surface area contributed by atoms with Crippen molar-refractivity contribution in [2.45, 2.75) is 6.54 Å². The van der Waals surface area contributed by atoms with E-state index in [1.807, 2.05) is 0 Å². The zero-order valence-electron chi connectivity index (χ0n) is 8.02. The highest BCUT2D eigenvalue weighted by atomic mass is 19.1. The van der Waals surface area contributed by atoms with E-state index < -0.39 is 0 Å². The maximum atomic E-state index is 13.1. The second kappa shape index (κ2) is 4.14. The summed E-state index contributed by atoms with van der Waals surface area (Å²) in [5.74, 6) is -0.286. The van der Waals surface area contributed by atoms with Gasteiger partial charge >= 0.3 is 0 Å². The first-order valence-corrected chi connectivity index (χ1v) is 4.55. The van der Waals surface area contributed by atoms with Gasteiger partial charge < -0.3 is 5.73 Å². The standard InChI is InChI=1S/C11H10FN3/c12-10-2-1-8(4-13)11(3-10)9-5-14-7-15-6-9/h1-3,5-7H,4,13H2. The van der Waals surface area contributed by atoms with Gasteiger partial charge in [-0.25, -0.2) is 14.4 Å². The predicted molar refractivity (Wildman–Crippen MR) is 55.3 cm³/mol. The second-order valence-corrected chi connectivity index (χ2v) is 3.13. The minimum atomic E-state index is -0.286. The van der Waals surface area contributed by atoms with Crippen LogP contribution in [0.4, 0.5) is 4.39 Å². The van der Waals surface area contributed by atoms with Crippen molar-refractivity contribution in [3.05, 3.63) is 48.3 Å². The molecule has 3 nitrogen and oxygen atoms in total. The Morgan fingerprint density at radius 1 is 1.20 bits per heavy atom. The first-order valence-electron chi connectivity index (χ1n) is 4.55. The molecule has 0 saturated carbocycles. The van der Waals surface area contributed by atoms with E-state index in [0.717, 1.165) is 16.7 Å². The van der Waals surface area contributed by atoms with Crippen LogP contribution in [0.5, 0.6) is 0 Å². The van der Waals surface area contributed by atoms with Crippen molar-refractivity contribution in [1.29, 1.82) is 0 Å². The van der Waals surface area contributed by atoms with E-state index in [1.165, 1.54) is 18.5 Å². The van der Waals surface area contributed by atoms with E-state index in [4.69, 9.17) is 5.73 Å². The number of aromatic nitrogens is 2. The molecule has 1 heterocycles. The molecule has 4 heteroatoms. The molecule has 0 saturated heterocycles. The van der Waals surface area contributed by atoms with E-state index in [0.29, 0.717) is 6.54 Å². The molecule has 0 atom stereocenters. The summed E-state index contributed by atoms with van der Waals surface area (Å²) in [5, 5.41) is 0. The van der Waals surface area contributed by atoms with Crippen molar-refractivity contribution in [2.75, 3.05) is 0 Å². The largest absolute Gasteiger partial charge is 0.326 e. The third-order valence-corrected chi connectivity index (χ3v) is 2.16. The Labute approximate surface area is 86.8 Å². The molecule has 2 N–H and O–H groups in total. The van der Waals surface area contributed by atoms with Gasteiger partial charge in [0.05, 0.1) is 0 Å². The van der Waals surface area contributed by atoms with Crippen molar-refractivity contribution >= 4 is 0 Å². The van der Waals surface area contributed by atoms with Crippen LogP contribution in [0.25, 0.3) is 11.1 Å². The summed E-state index contributed by atoms with van der Waals surface area (Å²) in [6, 6.07) is 4.52. The highest BCUT2D eigenvalue weighted by molar-refractivity contribution is 5.65. The molecule has 0 spiro atoms. The van der Waals surface area contributed by atoms with Crippen molar-refractivity contribution in [1.82, 2.24) is 9.97 Å². The number of hydrogen-bond acceptors (Lipinski definition) is 3. The Hall–Kier alpha value is -1.81. The number of halogens is 1. The summed E-state index contributed by atoms with van der Waals surface area (Å²) in [6.07, 6.45) is 4.72. The third-order valence-electron chi connectivity index (χ3n) is 2.16. The number of nitrogens with zero attached hydrogens (tertiary/aromatic N) is 2. The molecular formula is C11H10FN3. The van der Waals surface area contributed by atoms with E-state index >= 15 is 0 Å². The maximum Gasteiger partial charge on any atom is 0.123 e. The molecule has 2 aromatic rings. The molecule has 15 heavy (non-hydrogen) atoms. The van der Waals surface area contributed by atoms with Crippen LogP contribution < -0.4 is 5.73 Å². The Bertz CT molecular complexity index is 457. The van der Waals surface area contributed by atoms with E-state index in [9.17, 15) is 4.39 Å². The normalized spacial score (nSPS) is 10.3. The molecule has 0 aliphatic carbocycles. The van der Waals surface area contributed by atoms with Crippen molar-refractivity contribution < 1.29 is 4.39 Å². The van der Waals surface area contributed by atoms with Crippen molar-refractivity contribution in [3.63, 3.8) is 0 Å². The Morgan fingerprint density at radius 3 is 2.60 bits per heavy atom. The monoisotopic (exact) mass is 203 g/mol. The zero-order chi connectivity index (χ0) is 10.7. The average molecular weight is 203 g/mol. The summed E-state index contributed by atoms with van der Waals surface area (Å²) < 4.78 is 13.1. The smallest absolute Gasteiger partial charge is 0.123 e. The fourth-order valence-corrected chi connectivity index (χ4v) is 1.43. The summed E-state index contributed by atoms with van der Waals surface area (Å²) in [7, 11) is 0. The fourth-order valence-electron chi connectivity index (χ4n) is 1.43. The maximum absolute atomic E-state index is 13.1. The van der Waals surface area contributed by atoms with Crippen LogP contribution in [-0.4, -0.2) is 9.97 Å². The minimum absolute atomic E-state index is 0.286. The number of nitrogens with two attached hydrogens (primary N) is 1. The van der Waals surface area contributed by atoms with Crippen LogP contribution in [0.15, 0.2) is 36.9 Å². The van der Waals surface area contributed by atoms with Crippen LogP contribution in [0.2, 0.25) is 0 Å². The lowest BCUT2D eigenvalue weighted by atomic mass is 10.0. The summed E-state index contributed by atoms with van der Waals surface area (Å²) in [6.45, 7) is 0.366. The summed E-state index contributed by atoms with van der Waals surface area (Å²) in [5.41, 5.74) is 7.98. The highest BCUT2D eigenvalue weighted by Gasteiger charge is 2.05. The fraction of sp³-hybridized carbons (Fsp3) is 0.0909. The summed E-state index contributed by atoms with van der Waals surface area (Å²) in [4.78, 5) is 7.78. The number of hydrogen-bond donors (Lipinski definition) is 1. The van der Waals surface area contributed by atoms with Gasteiger partial charge in [-0.15, -0.1) is 0 Å². The molecule has 0 bridgehead atoms.